The topological polar surface area (TPSA) is 46.4 Å². The van der Waals surface area contributed by atoms with Crippen LogP contribution >= 0.6 is 0 Å². The van der Waals surface area contributed by atoms with Crippen LogP contribution in [-0.2, 0) is 0 Å². The van der Waals surface area contributed by atoms with E-state index in [1.165, 1.54) is 22.4 Å². The molecule has 4 nitrogen and oxygen atoms in total. The molecule has 0 radical (unpaired) electrons. The number of para-hydroxylation sites is 1. The SMILES string of the molecule is O=[N+]([O-])c1cc2ccccc2cc1-c1ccc2c(c1)C1C3=C(C=CC1N2c1ccccc1)CCC=C3. The molecule has 0 amide bonds. The number of hydrogen-bond acceptors (Lipinski definition) is 3. The molecule has 0 aromatic heterocycles. The maximum atomic E-state index is 12.1. The van der Waals surface area contributed by atoms with Crippen molar-refractivity contribution in [3.8, 4) is 11.1 Å². The minimum atomic E-state index is -0.262. The van der Waals surface area contributed by atoms with E-state index >= 15 is 0 Å². The van der Waals surface area contributed by atoms with Gasteiger partial charge in [-0.25, -0.2) is 0 Å². The van der Waals surface area contributed by atoms with Crippen molar-refractivity contribution < 1.29 is 4.92 Å². The average molecular weight is 469 g/mol. The lowest BCUT2D eigenvalue weighted by molar-refractivity contribution is -0.384. The highest BCUT2D eigenvalue weighted by Gasteiger charge is 2.42. The zero-order chi connectivity index (χ0) is 24.2. The molecule has 2 atom stereocenters. The number of fused-ring (bicyclic) bond motifs is 5. The number of hydrogen-bond donors (Lipinski definition) is 0. The second-order valence-corrected chi connectivity index (χ2v) is 9.70. The van der Waals surface area contributed by atoms with Crippen LogP contribution in [0.3, 0.4) is 0 Å². The summed E-state index contributed by atoms with van der Waals surface area (Å²) in [5.41, 5.74) is 8.02. The number of benzene rings is 4. The van der Waals surface area contributed by atoms with Crippen LogP contribution in [0.15, 0.2) is 120 Å². The molecule has 1 heterocycles. The number of nitro benzene ring substituents is 1. The lowest BCUT2D eigenvalue weighted by Gasteiger charge is -2.33. The Labute approximate surface area is 209 Å². The molecule has 7 rings (SSSR count). The Morgan fingerprint density at radius 2 is 1.64 bits per heavy atom. The van der Waals surface area contributed by atoms with Crippen molar-refractivity contribution in [3.05, 3.63) is 136 Å². The van der Waals surface area contributed by atoms with Crippen LogP contribution < -0.4 is 4.90 Å². The van der Waals surface area contributed by atoms with E-state index in [1.807, 2.05) is 42.5 Å². The molecular formula is C32H24N2O2. The number of anilines is 2. The smallest absolute Gasteiger partial charge is 0.277 e. The zero-order valence-corrected chi connectivity index (χ0v) is 19.7. The first-order chi connectivity index (χ1) is 17.7. The van der Waals surface area contributed by atoms with Crippen molar-refractivity contribution in [1.29, 1.82) is 0 Å². The molecule has 4 aromatic rings. The quantitative estimate of drug-likeness (QED) is 0.225. The highest BCUT2D eigenvalue weighted by Crippen LogP contribution is 2.53. The van der Waals surface area contributed by atoms with Gasteiger partial charge in [-0.1, -0.05) is 72.8 Å². The monoisotopic (exact) mass is 468 g/mol. The van der Waals surface area contributed by atoms with Gasteiger partial charge in [0.2, 0.25) is 0 Å². The first kappa shape index (κ1) is 20.9. The van der Waals surface area contributed by atoms with Gasteiger partial charge in [-0.2, -0.15) is 0 Å². The molecule has 4 heteroatoms. The summed E-state index contributed by atoms with van der Waals surface area (Å²) in [4.78, 5) is 14.3. The van der Waals surface area contributed by atoms with Gasteiger partial charge in [-0.15, -0.1) is 0 Å². The van der Waals surface area contributed by atoms with Gasteiger partial charge in [0.05, 0.1) is 16.5 Å². The van der Waals surface area contributed by atoms with E-state index in [2.05, 4.69) is 65.6 Å². The second-order valence-electron chi connectivity index (χ2n) is 9.70. The molecule has 36 heavy (non-hydrogen) atoms. The lowest BCUT2D eigenvalue weighted by Crippen LogP contribution is -2.31. The summed E-state index contributed by atoms with van der Waals surface area (Å²) >= 11 is 0. The number of allylic oxidation sites excluding steroid dienone is 4. The van der Waals surface area contributed by atoms with E-state index in [0.717, 1.165) is 34.9 Å². The molecule has 3 aliphatic rings. The summed E-state index contributed by atoms with van der Waals surface area (Å²) in [6, 6.07) is 28.5. The molecule has 0 saturated carbocycles. The molecule has 0 saturated heterocycles. The molecule has 0 bridgehead atoms. The third-order valence-corrected chi connectivity index (χ3v) is 7.75. The van der Waals surface area contributed by atoms with E-state index < -0.39 is 0 Å². The highest BCUT2D eigenvalue weighted by molar-refractivity contribution is 5.93. The summed E-state index contributed by atoms with van der Waals surface area (Å²) in [6.45, 7) is 0. The van der Waals surface area contributed by atoms with Crippen LogP contribution in [0.25, 0.3) is 21.9 Å². The second kappa shape index (κ2) is 8.06. The summed E-state index contributed by atoms with van der Waals surface area (Å²) in [6.07, 6.45) is 11.3. The van der Waals surface area contributed by atoms with Crippen LogP contribution in [0.2, 0.25) is 0 Å². The molecule has 0 N–H and O–H groups in total. The van der Waals surface area contributed by atoms with Crippen molar-refractivity contribution in [2.75, 3.05) is 4.90 Å². The lowest BCUT2D eigenvalue weighted by atomic mass is 9.77. The largest absolute Gasteiger partial charge is 0.333 e. The van der Waals surface area contributed by atoms with Gasteiger partial charge in [-0.05, 0) is 76.2 Å². The van der Waals surface area contributed by atoms with E-state index in [1.54, 1.807) is 6.07 Å². The predicted molar refractivity (Wildman–Crippen MR) is 146 cm³/mol. The molecule has 2 unspecified atom stereocenters. The van der Waals surface area contributed by atoms with Crippen molar-refractivity contribution in [2.45, 2.75) is 24.8 Å². The number of nitrogens with zero attached hydrogens (tertiary/aromatic N) is 2. The molecule has 0 fully saturated rings. The van der Waals surface area contributed by atoms with Crippen LogP contribution in [0.1, 0.15) is 24.3 Å². The van der Waals surface area contributed by atoms with Crippen molar-refractivity contribution in [2.24, 2.45) is 0 Å². The number of rotatable bonds is 3. The first-order valence-electron chi connectivity index (χ1n) is 12.4. The van der Waals surface area contributed by atoms with E-state index in [9.17, 15) is 10.1 Å². The van der Waals surface area contributed by atoms with Gasteiger partial charge in [-0.3, -0.25) is 10.1 Å². The van der Waals surface area contributed by atoms with Crippen molar-refractivity contribution >= 4 is 27.8 Å². The van der Waals surface area contributed by atoms with Crippen molar-refractivity contribution in [3.63, 3.8) is 0 Å². The standard InChI is InChI=1S/C32H24N2O2/c35-34(36)31-20-23-10-5-4-9-22(23)18-27(31)24-15-16-29-28(19-24)32-26-13-7-6-8-21(26)14-17-30(32)33(29)25-11-2-1-3-12-25/h1-5,7,9-20,30,32H,6,8H2. The van der Waals surface area contributed by atoms with Crippen LogP contribution in [0, 0.1) is 10.1 Å². The molecule has 174 valence electrons. The van der Waals surface area contributed by atoms with Crippen molar-refractivity contribution in [1.82, 2.24) is 0 Å². The van der Waals surface area contributed by atoms with Crippen LogP contribution in [0.5, 0.6) is 0 Å². The van der Waals surface area contributed by atoms with Gasteiger partial charge in [0.25, 0.3) is 5.69 Å². The van der Waals surface area contributed by atoms with Crippen LogP contribution in [-0.4, -0.2) is 11.0 Å². The fraction of sp³-hybridized carbons (Fsp3) is 0.125. The maximum Gasteiger partial charge on any atom is 0.277 e. The number of nitro groups is 1. The third-order valence-electron chi connectivity index (χ3n) is 7.75. The molecule has 0 spiro atoms. The molecule has 4 aromatic carbocycles. The first-order valence-corrected chi connectivity index (χ1v) is 12.4. The van der Waals surface area contributed by atoms with Crippen LogP contribution in [0.4, 0.5) is 17.1 Å². The van der Waals surface area contributed by atoms with E-state index in [-0.39, 0.29) is 22.6 Å². The Balaban J connectivity index is 1.45. The van der Waals surface area contributed by atoms with Gasteiger partial charge in [0, 0.05) is 23.4 Å². The molecular weight excluding hydrogens is 444 g/mol. The summed E-state index contributed by atoms with van der Waals surface area (Å²) in [7, 11) is 0. The normalized spacial score (nSPS) is 19.8. The van der Waals surface area contributed by atoms with Gasteiger partial charge in [0.1, 0.15) is 0 Å². The van der Waals surface area contributed by atoms with E-state index in [4.69, 9.17) is 0 Å². The van der Waals surface area contributed by atoms with E-state index in [0.29, 0.717) is 5.56 Å². The fourth-order valence-corrected chi connectivity index (χ4v) is 6.14. The summed E-state index contributed by atoms with van der Waals surface area (Å²) < 4.78 is 0. The Morgan fingerprint density at radius 3 is 2.44 bits per heavy atom. The molecule has 2 aliphatic carbocycles. The maximum absolute atomic E-state index is 12.1. The summed E-state index contributed by atoms with van der Waals surface area (Å²) in [5, 5.41) is 14.0. The summed E-state index contributed by atoms with van der Waals surface area (Å²) in [5.74, 6) is 0.191. The Hall–Kier alpha value is -4.44. The Kier molecular flexibility index (Phi) is 4.68. The zero-order valence-electron chi connectivity index (χ0n) is 19.7. The minimum absolute atomic E-state index is 0.143. The minimum Gasteiger partial charge on any atom is -0.333 e. The predicted octanol–water partition coefficient (Wildman–Crippen LogP) is 8.24. The van der Waals surface area contributed by atoms with Gasteiger partial charge < -0.3 is 4.90 Å². The third kappa shape index (κ3) is 3.14. The molecule has 1 aliphatic heterocycles. The fourth-order valence-electron chi connectivity index (χ4n) is 6.14. The van der Waals surface area contributed by atoms with Gasteiger partial charge in [0.15, 0.2) is 0 Å². The Bertz CT molecular complexity index is 1630. The average Bonchev–Trinajstić information content (AvgIpc) is 3.27. The van der Waals surface area contributed by atoms with Gasteiger partial charge >= 0.3 is 0 Å². The highest BCUT2D eigenvalue weighted by atomic mass is 16.6. The Morgan fingerprint density at radius 1 is 0.861 bits per heavy atom.